The monoisotopic (exact) mass is 408 g/mol. The van der Waals surface area contributed by atoms with Crippen LogP contribution in [0.1, 0.15) is 33.6 Å². The van der Waals surface area contributed by atoms with Gasteiger partial charge < -0.3 is 25.6 Å². The maximum Gasteiger partial charge on any atom is 0.407 e. The molecule has 162 valence electrons. The number of rotatable bonds is 8. The fourth-order valence-electron chi connectivity index (χ4n) is 3.39. The summed E-state index contributed by atoms with van der Waals surface area (Å²) in [6, 6.07) is 3.07. The molecule has 1 fully saturated rings. The summed E-state index contributed by atoms with van der Waals surface area (Å²) in [5.74, 6) is 1.15. The highest BCUT2D eigenvalue weighted by Gasteiger charge is 2.26. The van der Waals surface area contributed by atoms with E-state index in [2.05, 4.69) is 39.8 Å². The first-order valence-corrected chi connectivity index (χ1v) is 10.2. The van der Waals surface area contributed by atoms with Gasteiger partial charge in [0, 0.05) is 45.0 Å². The number of hydrogen-bond donors (Lipinski definition) is 3. The van der Waals surface area contributed by atoms with Crippen LogP contribution < -0.4 is 20.9 Å². The smallest absolute Gasteiger partial charge is 0.407 e. The number of nitrogens with one attached hydrogen (secondary N) is 3. The molecule has 9 heteroatoms. The molecule has 8 nitrogen and oxygen atoms in total. The molecule has 3 N–H and O–H groups in total. The number of aliphatic imine (C=N–C) groups is 1. The van der Waals surface area contributed by atoms with Crippen molar-refractivity contribution in [1.29, 1.82) is 0 Å². The summed E-state index contributed by atoms with van der Waals surface area (Å²) < 4.78 is 19.0. The maximum atomic E-state index is 14.0. The van der Waals surface area contributed by atoms with Crippen molar-refractivity contribution in [1.82, 2.24) is 20.9 Å². The Kier molecular flexibility index (Phi) is 8.95. The van der Waals surface area contributed by atoms with E-state index in [0.29, 0.717) is 37.4 Å². The number of aromatic nitrogens is 1. The first-order valence-electron chi connectivity index (χ1n) is 10.2. The van der Waals surface area contributed by atoms with Crippen LogP contribution in [-0.4, -0.2) is 62.4 Å². The Morgan fingerprint density at radius 1 is 1.48 bits per heavy atom. The van der Waals surface area contributed by atoms with Crippen LogP contribution in [-0.2, 0) is 4.74 Å². The molecular formula is C20H33FN6O2. The predicted octanol–water partition coefficient (Wildman–Crippen LogP) is 2.13. The molecule has 0 aliphatic carbocycles. The molecule has 2 unspecified atom stereocenters. The predicted molar refractivity (Wildman–Crippen MR) is 113 cm³/mol. The molecule has 0 saturated carbocycles. The Bertz CT molecular complexity index is 685. The van der Waals surface area contributed by atoms with Crippen LogP contribution in [0.15, 0.2) is 23.3 Å². The first kappa shape index (κ1) is 22.7. The van der Waals surface area contributed by atoms with E-state index in [-0.39, 0.29) is 17.9 Å². The molecule has 0 aromatic carbocycles. The van der Waals surface area contributed by atoms with E-state index in [1.807, 2.05) is 4.90 Å². The third-order valence-electron chi connectivity index (χ3n) is 4.66. The summed E-state index contributed by atoms with van der Waals surface area (Å²) in [5.41, 5.74) is 0. The number of halogens is 1. The van der Waals surface area contributed by atoms with Crippen LogP contribution in [0, 0.1) is 11.7 Å². The molecule has 1 aliphatic rings. The van der Waals surface area contributed by atoms with Gasteiger partial charge in [0.25, 0.3) is 0 Å². The topological polar surface area (TPSA) is 90.9 Å². The van der Waals surface area contributed by atoms with Gasteiger partial charge in [-0.3, -0.25) is 4.99 Å². The third kappa shape index (κ3) is 7.40. The van der Waals surface area contributed by atoms with Crippen molar-refractivity contribution in [3.8, 4) is 0 Å². The third-order valence-corrected chi connectivity index (χ3v) is 4.66. The van der Waals surface area contributed by atoms with E-state index in [0.717, 1.165) is 19.4 Å². The second-order valence-corrected chi connectivity index (χ2v) is 7.53. The fourth-order valence-corrected chi connectivity index (χ4v) is 3.39. The van der Waals surface area contributed by atoms with E-state index >= 15 is 0 Å². The highest BCUT2D eigenvalue weighted by molar-refractivity contribution is 5.80. The normalized spacial score (nSPS) is 17.9. The van der Waals surface area contributed by atoms with Gasteiger partial charge in [0.15, 0.2) is 17.6 Å². The minimum Gasteiger partial charge on any atom is -0.450 e. The Labute approximate surface area is 172 Å². The van der Waals surface area contributed by atoms with E-state index < -0.39 is 6.09 Å². The van der Waals surface area contributed by atoms with Gasteiger partial charge in [-0.1, -0.05) is 13.8 Å². The first-order chi connectivity index (χ1) is 13.9. The molecule has 1 aromatic rings. The zero-order chi connectivity index (χ0) is 21.2. The van der Waals surface area contributed by atoms with E-state index in [4.69, 9.17) is 4.74 Å². The summed E-state index contributed by atoms with van der Waals surface area (Å²) in [4.78, 5) is 22.1. The van der Waals surface area contributed by atoms with Crippen LogP contribution >= 0.6 is 0 Å². The molecule has 29 heavy (non-hydrogen) atoms. The summed E-state index contributed by atoms with van der Waals surface area (Å²) in [5, 5.41) is 9.54. The Hall–Kier alpha value is -2.58. The van der Waals surface area contributed by atoms with Crippen molar-refractivity contribution in [2.24, 2.45) is 10.9 Å². The number of nitrogens with zero attached hydrogens (tertiary/aromatic N) is 3. The van der Waals surface area contributed by atoms with E-state index in [1.165, 1.54) is 6.07 Å². The summed E-state index contributed by atoms with van der Waals surface area (Å²) in [6.45, 7) is 8.23. The lowest BCUT2D eigenvalue weighted by Gasteiger charge is -2.23. The second kappa shape index (κ2) is 11.4. The lowest BCUT2D eigenvalue weighted by atomic mass is 10.0. The zero-order valence-corrected chi connectivity index (χ0v) is 17.7. The molecule has 1 amide bonds. The second-order valence-electron chi connectivity index (χ2n) is 7.53. The van der Waals surface area contributed by atoms with Gasteiger partial charge in [0.1, 0.15) is 0 Å². The van der Waals surface area contributed by atoms with Gasteiger partial charge in [-0.15, -0.1) is 0 Å². The van der Waals surface area contributed by atoms with Crippen molar-refractivity contribution in [2.75, 3.05) is 38.2 Å². The van der Waals surface area contributed by atoms with Crippen LogP contribution in [0.5, 0.6) is 0 Å². The van der Waals surface area contributed by atoms with Crippen LogP contribution in [0.2, 0.25) is 0 Å². The standard InChI is InChI=1S/C20H33FN6O2/c1-5-29-20(28)26-16(11-14(2)3)12-24-19(22-4)25-15-8-10-27(13-15)18-17(21)7-6-9-23-18/h6-7,9,14-16H,5,8,10-13H2,1-4H3,(H,26,28)(H2,22,24,25). The molecule has 2 rings (SSSR count). The lowest BCUT2D eigenvalue weighted by Crippen LogP contribution is -2.50. The average Bonchev–Trinajstić information content (AvgIpc) is 3.13. The lowest BCUT2D eigenvalue weighted by molar-refractivity contribution is 0.146. The van der Waals surface area contributed by atoms with Crippen molar-refractivity contribution in [3.63, 3.8) is 0 Å². The van der Waals surface area contributed by atoms with Crippen molar-refractivity contribution < 1.29 is 13.9 Å². The number of alkyl carbamates (subject to hydrolysis) is 1. The van der Waals surface area contributed by atoms with Gasteiger partial charge in [-0.2, -0.15) is 0 Å². The van der Waals surface area contributed by atoms with Gasteiger partial charge >= 0.3 is 6.09 Å². The van der Waals surface area contributed by atoms with Crippen LogP contribution in [0.3, 0.4) is 0 Å². The van der Waals surface area contributed by atoms with Crippen molar-refractivity contribution in [3.05, 3.63) is 24.1 Å². The number of hydrogen-bond acceptors (Lipinski definition) is 5. The number of carbonyl (C=O) groups excluding carboxylic acids is 1. The van der Waals surface area contributed by atoms with Crippen LogP contribution in [0.25, 0.3) is 0 Å². The summed E-state index contributed by atoms with van der Waals surface area (Å²) >= 11 is 0. The highest BCUT2D eigenvalue weighted by atomic mass is 19.1. The molecule has 2 atom stereocenters. The molecular weight excluding hydrogens is 375 g/mol. The largest absolute Gasteiger partial charge is 0.450 e. The minimum absolute atomic E-state index is 0.0738. The number of ether oxygens (including phenoxy) is 1. The summed E-state index contributed by atoms with van der Waals surface area (Å²) in [7, 11) is 1.71. The van der Waals surface area contributed by atoms with Crippen molar-refractivity contribution in [2.45, 2.75) is 45.7 Å². The van der Waals surface area contributed by atoms with Gasteiger partial charge in [0.2, 0.25) is 0 Å². The number of amides is 1. The molecule has 1 aliphatic heterocycles. The molecule has 2 heterocycles. The van der Waals surface area contributed by atoms with E-state index in [9.17, 15) is 9.18 Å². The Morgan fingerprint density at radius 2 is 2.28 bits per heavy atom. The molecule has 1 saturated heterocycles. The maximum absolute atomic E-state index is 14.0. The SMILES string of the molecule is CCOC(=O)NC(CNC(=NC)NC1CCN(c2ncccc2F)C1)CC(C)C. The number of anilines is 1. The quantitative estimate of drug-likeness (QED) is 0.451. The molecule has 1 aromatic heterocycles. The number of guanidine groups is 1. The molecule has 0 bridgehead atoms. The fraction of sp³-hybridized carbons (Fsp3) is 0.650. The Morgan fingerprint density at radius 3 is 2.93 bits per heavy atom. The number of pyridine rings is 1. The molecule has 0 spiro atoms. The number of carbonyl (C=O) groups is 1. The highest BCUT2D eigenvalue weighted by Crippen LogP contribution is 2.20. The van der Waals surface area contributed by atoms with E-state index in [1.54, 1.807) is 26.2 Å². The molecule has 0 radical (unpaired) electrons. The van der Waals surface area contributed by atoms with Gasteiger partial charge in [0.05, 0.1) is 6.61 Å². The van der Waals surface area contributed by atoms with Gasteiger partial charge in [-0.05, 0) is 37.8 Å². The minimum atomic E-state index is -0.410. The Balaban J connectivity index is 1.86. The summed E-state index contributed by atoms with van der Waals surface area (Å²) in [6.07, 6.45) is 2.86. The van der Waals surface area contributed by atoms with Gasteiger partial charge in [-0.25, -0.2) is 14.2 Å². The van der Waals surface area contributed by atoms with Crippen LogP contribution in [0.4, 0.5) is 15.0 Å². The van der Waals surface area contributed by atoms with Crippen molar-refractivity contribution >= 4 is 17.9 Å². The zero-order valence-electron chi connectivity index (χ0n) is 17.7. The average molecular weight is 409 g/mol.